The maximum absolute atomic E-state index is 5.51. The highest BCUT2D eigenvalue weighted by atomic mass is 35.5. The molecule has 2 nitrogen and oxygen atoms in total. The van der Waals surface area contributed by atoms with Gasteiger partial charge in [-0.1, -0.05) is 23.2 Å². The summed E-state index contributed by atoms with van der Waals surface area (Å²) < 4.78 is 0. The monoisotopic (exact) mass is 149 g/mol. The van der Waals surface area contributed by atoms with E-state index in [1.165, 1.54) is 12.4 Å². The molecule has 0 spiro atoms. The highest BCUT2D eigenvalue weighted by Gasteiger charge is 1.96. The van der Waals surface area contributed by atoms with Gasteiger partial charge in [-0.3, -0.25) is 0 Å². The lowest BCUT2D eigenvalue weighted by atomic mass is 10.6. The molecular weight excluding hydrogens is 147 g/mol. The van der Waals surface area contributed by atoms with Crippen molar-refractivity contribution in [1.29, 1.82) is 0 Å². The molecule has 0 aliphatic heterocycles. The Morgan fingerprint density at radius 1 is 1.38 bits per heavy atom. The van der Waals surface area contributed by atoms with Crippen LogP contribution in [-0.2, 0) is 0 Å². The van der Waals surface area contributed by atoms with E-state index in [0.717, 1.165) is 0 Å². The molecule has 0 fully saturated rings. The number of nitrogens with one attached hydrogen (secondary N) is 1. The van der Waals surface area contributed by atoms with Crippen LogP contribution in [0.5, 0.6) is 0 Å². The lowest BCUT2D eigenvalue weighted by molar-refractivity contribution is -0.455. The molecule has 0 aliphatic carbocycles. The molecule has 0 aliphatic rings. The van der Waals surface area contributed by atoms with E-state index in [9.17, 15) is 0 Å². The van der Waals surface area contributed by atoms with Gasteiger partial charge in [0.05, 0.1) is 5.02 Å². The first kappa shape index (κ1) is 5.79. The molecule has 8 heavy (non-hydrogen) atoms. The maximum atomic E-state index is 5.51. The van der Waals surface area contributed by atoms with Crippen LogP contribution in [0.1, 0.15) is 0 Å². The van der Waals surface area contributed by atoms with Crippen molar-refractivity contribution in [1.82, 2.24) is 5.10 Å². The molecule has 0 aromatic carbocycles. The van der Waals surface area contributed by atoms with Gasteiger partial charge in [-0.25, -0.2) is 0 Å². The van der Waals surface area contributed by atoms with E-state index in [0.29, 0.717) is 10.0 Å². The summed E-state index contributed by atoms with van der Waals surface area (Å²) in [5.41, 5.74) is 0. The molecule has 0 saturated heterocycles. The molecule has 1 heterocycles. The Bertz CT molecular complexity index is 168. The first-order chi connectivity index (χ1) is 3.80. The Morgan fingerprint density at radius 3 is 2.50 bits per heavy atom. The predicted molar refractivity (Wildman–Crippen MR) is 30.8 cm³/mol. The van der Waals surface area contributed by atoms with Gasteiger partial charge in [-0.2, -0.15) is 0 Å². The van der Waals surface area contributed by atoms with Crippen LogP contribution in [-0.4, -0.2) is 5.10 Å². The molecule has 0 unspecified atom stereocenters. The lowest BCUT2D eigenvalue weighted by Crippen LogP contribution is -2.04. The summed E-state index contributed by atoms with van der Waals surface area (Å²) >= 11 is 11.0. The Hall–Kier alpha value is -0.340. The summed E-state index contributed by atoms with van der Waals surface area (Å²) in [5, 5.41) is 7.09. The highest BCUT2D eigenvalue weighted by Crippen LogP contribution is 2.15. The van der Waals surface area contributed by atoms with E-state index in [4.69, 9.17) is 23.2 Å². The second kappa shape index (κ2) is 2.29. The van der Waals surface area contributed by atoms with Gasteiger partial charge >= 0.3 is 0 Å². The topological polar surface area (TPSA) is 27.0 Å². The number of hydrogen-bond donors (Lipinski definition) is 0. The summed E-state index contributed by atoms with van der Waals surface area (Å²) in [4.78, 5) is 0. The third kappa shape index (κ3) is 1.08. The van der Waals surface area contributed by atoms with Crippen LogP contribution in [0.2, 0.25) is 10.0 Å². The molecular formula is C4H3Cl2N2+. The van der Waals surface area contributed by atoms with Crippen molar-refractivity contribution in [3.63, 3.8) is 0 Å². The Morgan fingerprint density at radius 2 is 2.12 bits per heavy atom. The third-order valence-corrected chi connectivity index (χ3v) is 1.38. The zero-order valence-corrected chi connectivity index (χ0v) is 5.37. The van der Waals surface area contributed by atoms with Gasteiger partial charge in [0.1, 0.15) is 11.2 Å². The van der Waals surface area contributed by atoms with Crippen molar-refractivity contribution < 1.29 is 5.10 Å². The van der Waals surface area contributed by atoms with E-state index >= 15 is 0 Å². The molecule has 1 N–H and O–H groups in total. The minimum Gasteiger partial charge on any atom is -0.105 e. The number of rotatable bonds is 0. The van der Waals surface area contributed by atoms with Gasteiger partial charge in [-0.15, -0.1) is 5.10 Å². The average molecular weight is 150 g/mol. The predicted octanol–water partition coefficient (Wildman–Crippen LogP) is 1.20. The molecule has 1 aromatic rings. The Labute approximate surface area is 56.4 Å². The summed E-state index contributed by atoms with van der Waals surface area (Å²) in [7, 11) is 0. The molecule has 0 radical (unpaired) electrons. The van der Waals surface area contributed by atoms with Crippen molar-refractivity contribution in [3.8, 4) is 0 Å². The average Bonchev–Trinajstić information content (AvgIpc) is 1.77. The van der Waals surface area contributed by atoms with Crippen LogP contribution in [0.25, 0.3) is 0 Å². The fourth-order valence-electron chi connectivity index (χ4n) is 0.318. The van der Waals surface area contributed by atoms with Crippen molar-refractivity contribution >= 4 is 23.2 Å². The van der Waals surface area contributed by atoms with Crippen LogP contribution in [0.3, 0.4) is 0 Å². The minimum absolute atomic E-state index is 0.463. The van der Waals surface area contributed by atoms with E-state index in [2.05, 4.69) is 10.2 Å². The van der Waals surface area contributed by atoms with Gasteiger partial charge in [0.2, 0.25) is 6.20 Å². The molecule has 1 rings (SSSR count). The first-order valence-electron chi connectivity index (χ1n) is 1.98. The molecule has 0 saturated carbocycles. The lowest BCUT2D eigenvalue weighted by Gasteiger charge is -1.81. The Balaban J connectivity index is 3.13. The van der Waals surface area contributed by atoms with Crippen LogP contribution in [0.4, 0.5) is 0 Å². The van der Waals surface area contributed by atoms with E-state index in [1.807, 2.05) is 0 Å². The van der Waals surface area contributed by atoms with E-state index < -0.39 is 0 Å². The molecule has 1 aromatic heterocycles. The number of aromatic nitrogens is 2. The van der Waals surface area contributed by atoms with Crippen molar-refractivity contribution in [2.45, 2.75) is 0 Å². The summed E-state index contributed by atoms with van der Waals surface area (Å²) in [5.74, 6) is 0. The summed E-state index contributed by atoms with van der Waals surface area (Å²) in [6.07, 6.45) is 2.97. The summed E-state index contributed by atoms with van der Waals surface area (Å²) in [6, 6.07) is 0. The number of halogens is 2. The number of hydrogen-bond acceptors (Lipinski definition) is 1. The smallest absolute Gasteiger partial charge is 0.105 e. The molecule has 0 atom stereocenters. The minimum atomic E-state index is 0.463. The van der Waals surface area contributed by atoms with E-state index in [-0.39, 0.29) is 0 Å². The van der Waals surface area contributed by atoms with Gasteiger partial charge in [-0.05, 0) is 5.10 Å². The second-order valence-electron chi connectivity index (χ2n) is 1.23. The number of nitrogens with zero attached hydrogens (tertiary/aromatic N) is 1. The molecule has 0 amide bonds. The Kier molecular flexibility index (Phi) is 1.65. The van der Waals surface area contributed by atoms with Gasteiger partial charge < -0.3 is 0 Å². The largest absolute Gasteiger partial charge is 0.213 e. The van der Waals surface area contributed by atoms with Crippen molar-refractivity contribution in [3.05, 3.63) is 22.4 Å². The van der Waals surface area contributed by atoms with Crippen molar-refractivity contribution in [2.75, 3.05) is 0 Å². The van der Waals surface area contributed by atoms with Crippen LogP contribution in [0.15, 0.2) is 12.4 Å². The number of H-pyrrole nitrogens is 1. The van der Waals surface area contributed by atoms with Crippen LogP contribution in [0, 0.1) is 0 Å². The standard InChI is InChI=1S/C4H2Cl2N2/c5-3-1-7-8-2-4(3)6/h1-2H/p+1. The summed E-state index contributed by atoms with van der Waals surface area (Å²) in [6.45, 7) is 0. The molecule has 0 bridgehead atoms. The highest BCUT2D eigenvalue weighted by molar-refractivity contribution is 6.41. The third-order valence-electron chi connectivity index (χ3n) is 0.672. The van der Waals surface area contributed by atoms with E-state index in [1.54, 1.807) is 0 Å². The molecule has 42 valence electrons. The van der Waals surface area contributed by atoms with Gasteiger partial charge in [0.15, 0.2) is 0 Å². The maximum Gasteiger partial charge on any atom is 0.213 e. The van der Waals surface area contributed by atoms with Gasteiger partial charge in [0, 0.05) is 0 Å². The first-order valence-corrected chi connectivity index (χ1v) is 2.73. The normalized spacial score (nSPS) is 9.25. The zero-order valence-electron chi connectivity index (χ0n) is 3.86. The quantitative estimate of drug-likeness (QED) is 0.545. The van der Waals surface area contributed by atoms with Crippen LogP contribution < -0.4 is 5.10 Å². The number of aromatic amines is 1. The van der Waals surface area contributed by atoms with Crippen LogP contribution >= 0.6 is 23.2 Å². The second-order valence-corrected chi connectivity index (χ2v) is 2.04. The fourth-order valence-corrected chi connectivity index (χ4v) is 0.519. The zero-order chi connectivity index (χ0) is 5.98. The fraction of sp³-hybridized carbons (Fsp3) is 0. The van der Waals surface area contributed by atoms with Gasteiger partial charge in [0.25, 0.3) is 0 Å². The SMILES string of the molecule is Clc1cn[nH+]cc1Cl. The molecule has 4 heteroatoms. The van der Waals surface area contributed by atoms with Crippen molar-refractivity contribution in [2.24, 2.45) is 0 Å².